The van der Waals surface area contributed by atoms with Crippen LogP contribution in [0.15, 0.2) is 18.2 Å². The van der Waals surface area contributed by atoms with Crippen molar-refractivity contribution in [2.24, 2.45) is 5.92 Å². The third-order valence-electron chi connectivity index (χ3n) is 4.36. The van der Waals surface area contributed by atoms with Crippen LogP contribution in [0.3, 0.4) is 0 Å². The van der Waals surface area contributed by atoms with Crippen LogP contribution >= 0.6 is 0 Å². The Labute approximate surface area is 129 Å². The van der Waals surface area contributed by atoms with E-state index in [1.807, 2.05) is 13.8 Å². The van der Waals surface area contributed by atoms with Crippen molar-refractivity contribution in [3.8, 4) is 0 Å². The van der Waals surface area contributed by atoms with Crippen LogP contribution in [0, 0.1) is 12.8 Å². The SMILES string of the molecule is CC(=O)c1cc(C(=O)N2CC(C(=O)O)CCC2C)ccc1C. The molecule has 5 nitrogen and oxygen atoms in total. The molecule has 1 aromatic carbocycles. The minimum atomic E-state index is -0.863. The predicted molar refractivity (Wildman–Crippen MR) is 82.0 cm³/mol. The Morgan fingerprint density at radius 1 is 1.23 bits per heavy atom. The van der Waals surface area contributed by atoms with E-state index < -0.39 is 11.9 Å². The molecule has 0 bridgehead atoms. The number of aliphatic carboxylic acids is 1. The summed E-state index contributed by atoms with van der Waals surface area (Å²) in [5.41, 5.74) is 1.80. The summed E-state index contributed by atoms with van der Waals surface area (Å²) in [6.07, 6.45) is 1.26. The number of rotatable bonds is 3. The number of likely N-dealkylation sites (tertiary alicyclic amines) is 1. The van der Waals surface area contributed by atoms with Gasteiger partial charge in [0.05, 0.1) is 5.92 Å². The molecular formula is C17H21NO4. The number of aryl methyl sites for hydroxylation is 1. The first kappa shape index (κ1) is 16.2. The van der Waals surface area contributed by atoms with Gasteiger partial charge >= 0.3 is 5.97 Å². The number of piperidine rings is 1. The molecule has 1 fully saturated rings. The van der Waals surface area contributed by atoms with E-state index in [-0.39, 0.29) is 24.3 Å². The Morgan fingerprint density at radius 2 is 1.91 bits per heavy atom. The molecule has 0 aliphatic carbocycles. The number of ketones is 1. The number of carboxylic acids is 1. The fraction of sp³-hybridized carbons (Fsp3) is 0.471. The zero-order chi connectivity index (χ0) is 16.4. The first-order chi connectivity index (χ1) is 10.3. The molecule has 1 saturated heterocycles. The van der Waals surface area contributed by atoms with Crippen molar-refractivity contribution in [2.75, 3.05) is 6.54 Å². The Bertz CT molecular complexity index is 623. The summed E-state index contributed by atoms with van der Waals surface area (Å²) in [7, 11) is 0. The molecular weight excluding hydrogens is 282 g/mol. The van der Waals surface area contributed by atoms with E-state index in [0.29, 0.717) is 24.0 Å². The molecule has 1 aliphatic heterocycles. The summed E-state index contributed by atoms with van der Waals surface area (Å²) in [4.78, 5) is 37.1. The maximum atomic E-state index is 12.7. The van der Waals surface area contributed by atoms with Crippen LogP contribution in [0.5, 0.6) is 0 Å². The van der Waals surface area contributed by atoms with Gasteiger partial charge in [0.1, 0.15) is 0 Å². The van der Waals surface area contributed by atoms with Crippen LogP contribution < -0.4 is 0 Å². The maximum Gasteiger partial charge on any atom is 0.308 e. The summed E-state index contributed by atoms with van der Waals surface area (Å²) < 4.78 is 0. The number of hydrogen-bond acceptors (Lipinski definition) is 3. The molecule has 5 heteroatoms. The Balaban J connectivity index is 2.28. The van der Waals surface area contributed by atoms with Gasteiger partial charge in [-0.2, -0.15) is 0 Å². The Morgan fingerprint density at radius 3 is 2.50 bits per heavy atom. The van der Waals surface area contributed by atoms with Crippen LogP contribution in [0.2, 0.25) is 0 Å². The van der Waals surface area contributed by atoms with Gasteiger partial charge in [0, 0.05) is 23.7 Å². The molecule has 1 amide bonds. The molecule has 118 valence electrons. The van der Waals surface area contributed by atoms with Crippen molar-refractivity contribution in [3.05, 3.63) is 34.9 Å². The topological polar surface area (TPSA) is 74.7 Å². The van der Waals surface area contributed by atoms with Crippen molar-refractivity contribution in [2.45, 2.75) is 39.7 Å². The predicted octanol–water partition coefficient (Wildman–Crippen LogP) is 2.52. The van der Waals surface area contributed by atoms with Crippen molar-refractivity contribution in [3.63, 3.8) is 0 Å². The van der Waals surface area contributed by atoms with Gasteiger partial charge in [0.15, 0.2) is 5.78 Å². The smallest absolute Gasteiger partial charge is 0.308 e. The molecule has 1 aromatic rings. The van der Waals surface area contributed by atoms with Crippen LogP contribution in [0.25, 0.3) is 0 Å². The third kappa shape index (κ3) is 3.18. The number of benzene rings is 1. The van der Waals surface area contributed by atoms with E-state index in [0.717, 1.165) is 5.56 Å². The monoisotopic (exact) mass is 303 g/mol. The molecule has 0 aromatic heterocycles. The van der Waals surface area contributed by atoms with Crippen molar-refractivity contribution >= 4 is 17.7 Å². The number of hydrogen-bond donors (Lipinski definition) is 1. The highest BCUT2D eigenvalue weighted by atomic mass is 16.4. The molecule has 1 heterocycles. The second kappa shape index (κ2) is 6.30. The largest absolute Gasteiger partial charge is 0.481 e. The minimum absolute atomic E-state index is 0.00480. The average molecular weight is 303 g/mol. The summed E-state index contributed by atoms with van der Waals surface area (Å²) in [5.74, 6) is -1.67. The van der Waals surface area contributed by atoms with Crippen LogP contribution in [-0.4, -0.2) is 40.3 Å². The normalized spacial score (nSPS) is 21.5. The summed E-state index contributed by atoms with van der Waals surface area (Å²) in [6, 6.07) is 5.07. The number of carbonyl (C=O) groups is 3. The molecule has 0 radical (unpaired) electrons. The lowest BCUT2D eigenvalue weighted by Crippen LogP contribution is -2.47. The molecule has 1 N–H and O–H groups in total. The number of carbonyl (C=O) groups excluding carboxylic acids is 2. The Kier molecular flexibility index (Phi) is 4.64. The van der Waals surface area contributed by atoms with Gasteiger partial charge in [-0.05, 0) is 51.3 Å². The molecule has 0 saturated carbocycles. The zero-order valence-electron chi connectivity index (χ0n) is 13.1. The van der Waals surface area contributed by atoms with Crippen LogP contribution in [-0.2, 0) is 4.79 Å². The zero-order valence-corrected chi connectivity index (χ0v) is 13.1. The van der Waals surface area contributed by atoms with E-state index in [1.54, 1.807) is 23.1 Å². The number of Topliss-reactive ketones (excluding diaryl/α,β-unsaturated/α-hetero) is 1. The highest BCUT2D eigenvalue weighted by Gasteiger charge is 2.33. The van der Waals surface area contributed by atoms with Gasteiger partial charge < -0.3 is 10.0 Å². The van der Waals surface area contributed by atoms with Crippen LogP contribution in [0.1, 0.15) is 53.0 Å². The molecule has 2 rings (SSSR count). The van der Waals surface area contributed by atoms with E-state index in [9.17, 15) is 14.4 Å². The lowest BCUT2D eigenvalue weighted by atomic mass is 9.92. The minimum Gasteiger partial charge on any atom is -0.481 e. The first-order valence-corrected chi connectivity index (χ1v) is 7.46. The van der Waals surface area contributed by atoms with Gasteiger partial charge in [0.25, 0.3) is 5.91 Å². The first-order valence-electron chi connectivity index (χ1n) is 7.46. The summed E-state index contributed by atoms with van der Waals surface area (Å²) in [6.45, 7) is 5.45. The lowest BCUT2D eigenvalue weighted by Gasteiger charge is -2.36. The Hall–Kier alpha value is -2.17. The molecule has 1 aliphatic rings. The fourth-order valence-electron chi connectivity index (χ4n) is 2.89. The van der Waals surface area contributed by atoms with E-state index in [4.69, 9.17) is 5.11 Å². The summed E-state index contributed by atoms with van der Waals surface area (Å²) in [5, 5.41) is 9.17. The third-order valence-corrected chi connectivity index (χ3v) is 4.36. The number of amides is 1. The fourth-order valence-corrected chi connectivity index (χ4v) is 2.89. The second-order valence-corrected chi connectivity index (χ2v) is 6.00. The quantitative estimate of drug-likeness (QED) is 0.871. The molecule has 0 spiro atoms. The standard InChI is InChI=1S/C17H21NO4/c1-10-4-6-13(8-15(10)12(3)19)16(20)18-9-14(17(21)22)7-5-11(18)2/h4,6,8,11,14H,5,7,9H2,1-3H3,(H,21,22). The van der Waals surface area contributed by atoms with E-state index in [2.05, 4.69) is 0 Å². The molecule has 2 unspecified atom stereocenters. The number of nitrogens with zero attached hydrogens (tertiary/aromatic N) is 1. The van der Waals surface area contributed by atoms with Gasteiger partial charge in [-0.3, -0.25) is 14.4 Å². The summed E-state index contributed by atoms with van der Waals surface area (Å²) >= 11 is 0. The molecule has 22 heavy (non-hydrogen) atoms. The average Bonchev–Trinajstić information content (AvgIpc) is 2.47. The van der Waals surface area contributed by atoms with Gasteiger partial charge in [-0.1, -0.05) is 6.07 Å². The number of carboxylic acid groups (broad SMARTS) is 1. The lowest BCUT2D eigenvalue weighted by molar-refractivity contribution is -0.143. The highest BCUT2D eigenvalue weighted by Crippen LogP contribution is 2.24. The van der Waals surface area contributed by atoms with Crippen molar-refractivity contribution in [1.29, 1.82) is 0 Å². The highest BCUT2D eigenvalue weighted by molar-refractivity contribution is 6.00. The van der Waals surface area contributed by atoms with Gasteiger partial charge in [0.2, 0.25) is 0 Å². The second-order valence-electron chi connectivity index (χ2n) is 6.00. The van der Waals surface area contributed by atoms with Crippen molar-refractivity contribution < 1.29 is 19.5 Å². The molecule has 2 atom stereocenters. The van der Waals surface area contributed by atoms with Crippen molar-refractivity contribution in [1.82, 2.24) is 4.90 Å². The van der Waals surface area contributed by atoms with Gasteiger partial charge in [-0.25, -0.2) is 0 Å². The van der Waals surface area contributed by atoms with E-state index >= 15 is 0 Å². The van der Waals surface area contributed by atoms with Crippen LogP contribution in [0.4, 0.5) is 0 Å². The maximum absolute atomic E-state index is 12.7. The van der Waals surface area contributed by atoms with E-state index in [1.165, 1.54) is 6.92 Å². The van der Waals surface area contributed by atoms with Gasteiger partial charge in [-0.15, -0.1) is 0 Å².